The second-order valence-electron chi connectivity index (χ2n) is 4.38. The molecular weight excluding hydrogens is 220 g/mol. The number of halogens is 1. The Morgan fingerprint density at radius 3 is 2.50 bits per heavy atom. The van der Waals surface area contributed by atoms with Crippen molar-refractivity contribution in [3.8, 4) is 0 Å². The predicted molar refractivity (Wildman–Crippen MR) is 66.7 cm³/mol. The van der Waals surface area contributed by atoms with Gasteiger partial charge in [-0.2, -0.15) is 0 Å². The van der Waals surface area contributed by atoms with Crippen LogP contribution in [0, 0.1) is 0 Å². The third-order valence-corrected chi connectivity index (χ3v) is 3.15. The van der Waals surface area contributed by atoms with Gasteiger partial charge >= 0.3 is 0 Å². The molecule has 0 aliphatic rings. The van der Waals surface area contributed by atoms with Crippen molar-refractivity contribution in [2.75, 3.05) is 0 Å². The molecule has 0 saturated heterocycles. The quantitative estimate of drug-likeness (QED) is 0.810. The van der Waals surface area contributed by atoms with Crippen molar-refractivity contribution in [1.82, 2.24) is 9.97 Å². The molecule has 0 unspecified atom stereocenters. The van der Waals surface area contributed by atoms with Crippen LogP contribution < -0.4 is 0 Å². The first-order valence-corrected chi connectivity index (χ1v) is 5.84. The number of rotatable bonds is 3. The SMILES string of the molecule is CC(C)(c1ccccc1)c1ncc(CCl)[nH]1. The van der Waals surface area contributed by atoms with E-state index in [2.05, 4.69) is 35.9 Å². The number of aromatic amines is 1. The molecule has 84 valence electrons. The maximum atomic E-state index is 5.77. The number of hydrogen-bond donors (Lipinski definition) is 1. The number of nitrogens with one attached hydrogen (secondary N) is 1. The Balaban J connectivity index is 2.38. The van der Waals surface area contributed by atoms with Gasteiger partial charge in [0.25, 0.3) is 0 Å². The van der Waals surface area contributed by atoms with Crippen molar-refractivity contribution < 1.29 is 0 Å². The second-order valence-corrected chi connectivity index (χ2v) is 4.65. The number of imidazole rings is 1. The largest absolute Gasteiger partial charge is 0.344 e. The summed E-state index contributed by atoms with van der Waals surface area (Å²) in [6.07, 6.45) is 1.80. The van der Waals surface area contributed by atoms with Gasteiger partial charge in [-0.25, -0.2) is 4.98 Å². The molecule has 2 rings (SSSR count). The van der Waals surface area contributed by atoms with Gasteiger partial charge < -0.3 is 4.98 Å². The Hall–Kier alpha value is -1.28. The molecule has 1 aromatic heterocycles. The number of aromatic nitrogens is 2. The van der Waals surface area contributed by atoms with Gasteiger partial charge in [-0.05, 0) is 19.4 Å². The highest BCUT2D eigenvalue weighted by Gasteiger charge is 2.25. The summed E-state index contributed by atoms with van der Waals surface area (Å²) in [5, 5.41) is 0. The summed E-state index contributed by atoms with van der Waals surface area (Å²) in [6.45, 7) is 4.30. The van der Waals surface area contributed by atoms with Crippen LogP contribution in [0.1, 0.15) is 30.9 Å². The highest BCUT2D eigenvalue weighted by Crippen LogP contribution is 2.28. The number of hydrogen-bond acceptors (Lipinski definition) is 1. The minimum Gasteiger partial charge on any atom is -0.344 e. The molecule has 0 aliphatic heterocycles. The van der Waals surface area contributed by atoms with Crippen molar-refractivity contribution in [2.24, 2.45) is 0 Å². The van der Waals surface area contributed by atoms with Crippen LogP contribution in [0.3, 0.4) is 0 Å². The molecule has 2 aromatic rings. The lowest BCUT2D eigenvalue weighted by atomic mass is 9.84. The van der Waals surface area contributed by atoms with Crippen LogP contribution in [0.2, 0.25) is 0 Å². The molecule has 0 aliphatic carbocycles. The summed E-state index contributed by atoms with van der Waals surface area (Å²) in [4.78, 5) is 7.65. The minimum atomic E-state index is -0.119. The zero-order valence-corrected chi connectivity index (χ0v) is 10.3. The monoisotopic (exact) mass is 234 g/mol. The summed E-state index contributed by atoms with van der Waals surface area (Å²) in [6, 6.07) is 10.3. The van der Waals surface area contributed by atoms with Crippen molar-refractivity contribution in [3.63, 3.8) is 0 Å². The Morgan fingerprint density at radius 2 is 1.94 bits per heavy atom. The maximum absolute atomic E-state index is 5.77. The summed E-state index contributed by atoms with van der Waals surface area (Å²) in [7, 11) is 0. The van der Waals surface area contributed by atoms with Gasteiger partial charge in [-0.3, -0.25) is 0 Å². The molecule has 1 aromatic carbocycles. The topological polar surface area (TPSA) is 28.7 Å². The van der Waals surface area contributed by atoms with Crippen LogP contribution in [0.15, 0.2) is 36.5 Å². The first-order valence-electron chi connectivity index (χ1n) is 5.30. The Bertz CT molecular complexity index is 460. The molecule has 3 heteroatoms. The van der Waals surface area contributed by atoms with Gasteiger partial charge in [0.05, 0.1) is 5.88 Å². The molecule has 2 nitrogen and oxygen atoms in total. The highest BCUT2D eigenvalue weighted by molar-refractivity contribution is 6.16. The van der Waals surface area contributed by atoms with E-state index in [9.17, 15) is 0 Å². The number of H-pyrrole nitrogens is 1. The normalized spacial score (nSPS) is 11.7. The molecule has 1 heterocycles. The summed E-state index contributed by atoms with van der Waals surface area (Å²) in [5.74, 6) is 1.42. The van der Waals surface area contributed by atoms with E-state index in [0.29, 0.717) is 5.88 Å². The van der Waals surface area contributed by atoms with E-state index in [-0.39, 0.29) is 5.41 Å². The predicted octanol–water partition coefficient (Wildman–Crippen LogP) is 3.47. The number of alkyl halides is 1. The van der Waals surface area contributed by atoms with Crippen LogP contribution >= 0.6 is 11.6 Å². The maximum Gasteiger partial charge on any atom is 0.116 e. The number of benzene rings is 1. The van der Waals surface area contributed by atoms with Gasteiger partial charge in [-0.15, -0.1) is 11.6 Å². The smallest absolute Gasteiger partial charge is 0.116 e. The average Bonchev–Trinajstić information content (AvgIpc) is 2.79. The van der Waals surface area contributed by atoms with E-state index in [1.807, 2.05) is 18.2 Å². The van der Waals surface area contributed by atoms with Gasteiger partial charge in [-0.1, -0.05) is 30.3 Å². The van der Waals surface area contributed by atoms with Gasteiger partial charge in [0, 0.05) is 17.3 Å². The summed E-state index contributed by atoms with van der Waals surface area (Å²) in [5.41, 5.74) is 2.08. The van der Waals surface area contributed by atoms with Crippen LogP contribution in [0.5, 0.6) is 0 Å². The van der Waals surface area contributed by atoms with Crippen molar-refractivity contribution >= 4 is 11.6 Å². The molecule has 0 saturated carbocycles. The zero-order chi connectivity index (χ0) is 11.6. The molecule has 0 bridgehead atoms. The lowest BCUT2D eigenvalue weighted by molar-refractivity contribution is 0.597. The molecule has 16 heavy (non-hydrogen) atoms. The van der Waals surface area contributed by atoms with Crippen LogP contribution in [-0.2, 0) is 11.3 Å². The Morgan fingerprint density at radius 1 is 1.25 bits per heavy atom. The minimum absolute atomic E-state index is 0.119. The van der Waals surface area contributed by atoms with Crippen LogP contribution in [-0.4, -0.2) is 9.97 Å². The van der Waals surface area contributed by atoms with Gasteiger partial charge in [0.1, 0.15) is 5.82 Å². The van der Waals surface area contributed by atoms with E-state index >= 15 is 0 Å². The fourth-order valence-corrected chi connectivity index (χ4v) is 1.87. The highest BCUT2D eigenvalue weighted by atomic mass is 35.5. The van der Waals surface area contributed by atoms with Crippen LogP contribution in [0.25, 0.3) is 0 Å². The second kappa shape index (κ2) is 4.30. The molecule has 1 N–H and O–H groups in total. The fraction of sp³-hybridized carbons (Fsp3) is 0.308. The zero-order valence-electron chi connectivity index (χ0n) is 9.50. The number of nitrogens with zero attached hydrogens (tertiary/aromatic N) is 1. The molecule has 0 atom stereocenters. The van der Waals surface area contributed by atoms with E-state index in [1.54, 1.807) is 6.20 Å². The van der Waals surface area contributed by atoms with E-state index in [4.69, 9.17) is 11.6 Å². The van der Waals surface area contributed by atoms with Crippen molar-refractivity contribution in [2.45, 2.75) is 25.1 Å². The molecule has 0 spiro atoms. The third kappa shape index (κ3) is 1.98. The van der Waals surface area contributed by atoms with Crippen LogP contribution in [0.4, 0.5) is 0 Å². The van der Waals surface area contributed by atoms with Gasteiger partial charge in [0.15, 0.2) is 0 Å². The standard InChI is InChI=1S/C13H15ClN2/c1-13(2,10-6-4-3-5-7-10)12-15-9-11(8-14)16-12/h3-7,9H,8H2,1-2H3,(H,15,16). The first kappa shape index (κ1) is 11.2. The Kier molecular flexibility index (Phi) is 3.01. The molecule has 0 amide bonds. The third-order valence-electron chi connectivity index (χ3n) is 2.86. The molecule has 0 radical (unpaired) electrons. The van der Waals surface area contributed by atoms with Crippen molar-refractivity contribution in [1.29, 1.82) is 0 Å². The van der Waals surface area contributed by atoms with E-state index in [1.165, 1.54) is 5.56 Å². The summed E-state index contributed by atoms with van der Waals surface area (Å²) >= 11 is 5.77. The molecular formula is C13H15ClN2. The lowest BCUT2D eigenvalue weighted by Gasteiger charge is -2.22. The van der Waals surface area contributed by atoms with Gasteiger partial charge in [0.2, 0.25) is 0 Å². The summed E-state index contributed by atoms with van der Waals surface area (Å²) < 4.78 is 0. The fourth-order valence-electron chi connectivity index (χ4n) is 1.74. The van der Waals surface area contributed by atoms with Crippen molar-refractivity contribution in [3.05, 3.63) is 53.6 Å². The molecule has 0 fully saturated rings. The average molecular weight is 235 g/mol. The van der Waals surface area contributed by atoms with E-state index in [0.717, 1.165) is 11.5 Å². The Labute approximate surface area is 101 Å². The lowest BCUT2D eigenvalue weighted by Crippen LogP contribution is -2.20. The first-order chi connectivity index (χ1) is 7.64. The van der Waals surface area contributed by atoms with E-state index < -0.39 is 0 Å².